The molecule has 0 atom stereocenters. The van der Waals surface area contributed by atoms with Crippen molar-refractivity contribution in [2.45, 2.75) is 6.42 Å². The standard InChI is InChI=1S/C19H17BrF2N2O2/c20-17-12-16(22)6-3-14(17)11-18(25)23-7-9-24(10-8-23)19(26)13-1-4-15(21)5-2-13/h1-6,12H,7-11H2. The summed E-state index contributed by atoms with van der Waals surface area (Å²) >= 11 is 3.27. The summed E-state index contributed by atoms with van der Waals surface area (Å²) in [4.78, 5) is 28.2. The molecule has 7 heteroatoms. The number of amides is 2. The van der Waals surface area contributed by atoms with Gasteiger partial charge in [0.05, 0.1) is 6.42 Å². The van der Waals surface area contributed by atoms with E-state index in [0.717, 1.165) is 5.56 Å². The molecule has 1 heterocycles. The Balaban J connectivity index is 1.56. The second-order valence-electron chi connectivity index (χ2n) is 6.09. The smallest absolute Gasteiger partial charge is 0.253 e. The highest BCUT2D eigenvalue weighted by molar-refractivity contribution is 9.10. The summed E-state index contributed by atoms with van der Waals surface area (Å²) in [6.07, 6.45) is 0.173. The summed E-state index contributed by atoms with van der Waals surface area (Å²) < 4.78 is 26.7. The number of carbonyl (C=O) groups excluding carboxylic acids is 2. The molecule has 1 fully saturated rings. The van der Waals surface area contributed by atoms with E-state index in [-0.39, 0.29) is 29.9 Å². The van der Waals surface area contributed by atoms with E-state index in [9.17, 15) is 18.4 Å². The molecule has 4 nitrogen and oxygen atoms in total. The number of carbonyl (C=O) groups is 2. The number of halogens is 3. The number of nitrogens with zero attached hydrogens (tertiary/aromatic N) is 2. The summed E-state index contributed by atoms with van der Waals surface area (Å²) in [5, 5.41) is 0. The van der Waals surface area contributed by atoms with E-state index < -0.39 is 0 Å². The number of benzene rings is 2. The van der Waals surface area contributed by atoms with Crippen molar-refractivity contribution < 1.29 is 18.4 Å². The topological polar surface area (TPSA) is 40.6 Å². The fourth-order valence-corrected chi connectivity index (χ4v) is 3.36. The van der Waals surface area contributed by atoms with Crippen LogP contribution in [-0.4, -0.2) is 47.8 Å². The van der Waals surface area contributed by atoms with Gasteiger partial charge in [-0.05, 0) is 42.0 Å². The van der Waals surface area contributed by atoms with Crippen molar-refractivity contribution in [3.05, 3.63) is 69.7 Å². The lowest BCUT2D eigenvalue weighted by Crippen LogP contribution is -2.51. The molecule has 1 aliphatic rings. The molecule has 0 aliphatic carbocycles. The van der Waals surface area contributed by atoms with E-state index in [0.29, 0.717) is 36.2 Å². The van der Waals surface area contributed by atoms with E-state index in [2.05, 4.69) is 15.9 Å². The van der Waals surface area contributed by atoms with Crippen LogP contribution in [0.4, 0.5) is 8.78 Å². The van der Waals surface area contributed by atoms with Crippen LogP contribution in [0.1, 0.15) is 15.9 Å². The van der Waals surface area contributed by atoms with Gasteiger partial charge in [0.15, 0.2) is 0 Å². The molecule has 2 aromatic carbocycles. The van der Waals surface area contributed by atoms with Crippen molar-refractivity contribution >= 4 is 27.7 Å². The maximum absolute atomic E-state index is 13.1. The van der Waals surface area contributed by atoms with Gasteiger partial charge in [0.1, 0.15) is 11.6 Å². The first-order chi connectivity index (χ1) is 12.4. The van der Waals surface area contributed by atoms with Gasteiger partial charge in [-0.2, -0.15) is 0 Å². The Morgan fingerprint density at radius 2 is 1.46 bits per heavy atom. The predicted octanol–water partition coefficient (Wildman–Crippen LogP) is 3.25. The van der Waals surface area contributed by atoms with Crippen molar-refractivity contribution in [3.63, 3.8) is 0 Å². The maximum Gasteiger partial charge on any atom is 0.253 e. The minimum absolute atomic E-state index is 0.0637. The SMILES string of the molecule is O=C(Cc1ccc(F)cc1Br)N1CCN(C(=O)c2ccc(F)cc2)CC1. The Morgan fingerprint density at radius 3 is 2.08 bits per heavy atom. The monoisotopic (exact) mass is 422 g/mol. The highest BCUT2D eigenvalue weighted by Gasteiger charge is 2.25. The van der Waals surface area contributed by atoms with Crippen LogP contribution in [0.2, 0.25) is 0 Å². The lowest BCUT2D eigenvalue weighted by molar-refractivity contribution is -0.131. The molecule has 1 aliphatic heterocycles. The highest BCUT2D eigenvalue weighted by Crippen LogP contribution is 2.19. The lowest BCUT2D eigenvalue weighted by atomic mass is 10.1. The molecule has 136 valence electrons. The van der Waals surface area contributed by atoms with E-state index in [1.807, 2.05) is 0 Å². The van der Waals surface area contributed by atoms with Gasteiger partial charge in [0.25, 0.3) is 5.91 Å². The predicted molar refractivity (Wildman–Crippen MR) is 96.7 cm³/mol. The van der Waals surface area contributed by atoms with Gasteiger partial charge < -0.3 is 9.80 Å². The van der Waals surface area contributed by atoms with Crippen LogP contribution in [-0.2, 0) is 11.2 Å². The molecule has 0 spiro atoms. The van der Waals surface area contributed by atoms with Gasteiger partial charge in [-0.15, -0.1) is 0 Å². The third-order valence-corrected chi connectivity index (χ3v) is 5.11. The summed E-state index contributed by atoms with van der Waals surface area (Å²) in [6, 6.07) is 9.68. The Labute approximate surface area is 158 Å². The van der Waals surface area contributed by atoms with Crippen LogP contribution in [0.15, 0.2) is 46.9 Å². The summed E-state index contributed by atoms with van der Waals surface area (Å²) in [7, 11) is 0. The molecule has 0 saturated carbocycles. The number of hydrogen-bond acceptors (Lipinski definition) is 2. The molecule has 0 bridgehead atoms. The number of hydrogen-bond donors (Lipinski definition) is 0. The zero-order valence-electron chi connectivity index (χ0n) is 13.9. The fraction of sp³-hybridized carbons (Fsp3) is 0.263. The molecule has 0 aromatic heterocycles. The second-order valence-corrected chi connectivity index (χ2v) is 6.95. The Bertz CT molecular complexity index is 819. The van der Waals surface area contributed by atoms with Gasteiger partial charge in [0.2, 0.25) is 5.91 Å². The highest BCUT2D eigenvalue weighted by atomic mass is 79.9. The first-order valence-electron chi connectivity index (χ1n) is 8.20. The van der Waals surface area contributed by atoms with Gasteiger partial charge in [-0.25, -0.2) is 8.78 Å². The Morgan fingerprint density at radius 1 is 0.885 bits per heavy atom. The van der Waals surface area contributed by atoms with E-state index >= 15 is 0 Å². The van der Waals surface area contributed by atoms with Gasteiger partial charge in [-0.1, -0.05) is 22.0 Å². The Hall–Kier alpha value is -2.28. The van der Waals surface area contributed by atoms with Crippen LogP contribution < -0.4 is 0 Å². The van der Waals surface area contributed by atoms with Crippen LogP contribution in [0, 0.1) is 11.6 Å². The molecule has 0 unspecified atom stereocenters. The van der Waals surface area contributed by atoms with Crippen LogP contribution >= 0.6 is 15.9 Å². The first-order valence-corrected chi connectivity index (χ1v) is 9.00. The van der Waals surface area contributed by atoms with Crippen LogP contribution in [0.3, 0.4) is 0 Å². The molecule has 1 saturated heterocycles. The van der Waals surface area contributed by atoms with Crippen molar-refractivity contribution in [3.8, 4) is 0 Å². The molecule has 26 heavy (non-hydrogen) atoms. The second kappa shape index (κ2) is 7.95. The summed E-state index contributed by atoms with van der Waals surface area (Å²) in [5.74, 6) is -0.977. The third-order valence-electron chi connectivity index (χ3n) is 4.37. The molecule has 2 aromatic rings. The van der Waals surface area contributed by atoms with Crippen LogP contribution in [0.25, 0.3) is 0 Å². The average Bonchev–Trinajstić information content (AvgIpc) is 2.64. The zero-order chi connectivity index (χ0) is 18.7. The minimum Gasteiger partial charge on any atom is -0.339 e. The zero-order valence-corrected chi connectivity index (χ0v) is 15.5. The van der Waals surface area contributed by atoms with Gasteiger partial charge >= 0.3 is 0 Å². The summed E-state index contributed by atoms with van der Waals surface area (Å²) in [6.45, 7) is 1.72. The first kappa shape index (κ1) is 18.5. The molecule has 3 rings (SSSR count). The Kier molecular flexibility index (Phi) is 5.66. The molecular weight excluding hydrogens is 406 g/mol. The van der Waals surface area contributed by atoms with Crippen molar-refractivity contribution in [2.24, 2.45) is 0 Å². The number of piperazine rings is 1. The van der Waals surface area contributed by atoms with Crippen molar-refractivity contribution in [1.29, 1.82) is 0 Å². The van der Waals surface area contributed by atoms with E-state index in [1.165, 1.54) is 36.4 Å². The molecule has 2 amide bonds. The summed E-state index contributed by atoms with van der Waals surface area (Å²) in [5.41, 5.74) is 1.16. The average molecular weight is 423 g/mol. The maximum atomic E-state index is 13.1. The minimum atomic E-state index is -0.385. The quantitative estimate of drug-likeness (QED) is 0.761. The van der Waals surface area contributed by atoms with Gasteiger partial charge in [0, 0.05) is 36.2 Å². The largest absolute Gasteiger partial charge is 0.339 e. The van der Waals surface area contributed by atoms with E-state index in [4.69, 9.17) is 0 Å². The normalized spacial score (nSPS) is 14.4. The van der Waals surface area contributed by atoms with Gasteiger partial charge in [-0.3, -0.25) is 9.59 Å². The molecular formula is C19H17BrF2N2O2. The fourth-order valence-electron chi connectivity index (χ4n) is 2.87. The van der Waals surface area contributed by atoms with Crippen LogP contribution in [0.5, 0.6) is 0 Å². The third kappa shape index (κ3) is 4.27. The molecule has 0 N–H and O–H groups in total. The van der Waals surface area contributed by atoms with E-state index in [1.54, 1.807) is 15.9 Å². The van der Waals surface area contributed by atoms with Crippen molar-refractivity contribution in [2.75, 3.05) is 26.2 Å². The van der Waals surface area contributed by atoms with Crippen molar-refractivity contribution in [1.82, 2.24) is 9.80 Å². The lowest BCUT2D eigenvalue weighted by Gasteiger charge is -2.35. The number of rotatable bonds is 3. The molecule has 0 radical (unpaired) electrons.